The zero-order chi connectivity index (χ0) is 28.8. The van der Waals surface area contributed by atoms with E-state index in [0.717, 1.165) is 11.9 Å². The molecule has 204 valence electrons. The Morgan fingerprint density at radius 2 is 1.62 bits per heavy atom. The van der Waals surface area contributed by atoms with E-state index in [0.29, 0.717) is 35.4 Å². The SMILES string of the molecule is CN(C)c1ccc(-c2cnc3[nH]cc(C(=O)c4c(F)ccc(NS(=O)(=O)c5cc(F)ccc5F)c4F)c3c2)cn1. The number of pyridine rings is 2. The van der Waals surface area contributed by atoms with Crippen LogP contribution < -0.4 is 9.62 Å². The summed E-state index contributed by atoms with van der Waals surface area (Å²) in [6, 6.07) is 8.32. The fraction of sp³-hybridized carbons (Fsp3) is 0.0741. The van der Waals surface area contributed by atoms with Crippen molar-refractivity contribution >= 4 is 38.3 Å². The lowest BCUT2D eigenvalue weighted by molar-refractivity contribution is 0.103. The Kier molecular flexibility index (Phi) is 6.75. The smallest absolute Gasteiger partial charge is 0.265 e. The lowest BCUT2D eigenvalue weighted by atomic mass is 10.00. The molecule has 5 aromatic rings. The van der Waals surface area contributed by atoms with E-state index in [1.54, 1.807) is 35.3 Å². The van der Waals surface area contributed by atoms with E-state index in [1.807, 2.05) is 19.0 Å². The number of hydrogen-bond acceptors (Lipinski definition) is 6. The lowest BCUT2D eigenvalue weighted by Crippen LogP contribution is -2.17. The minimum atomic E-state index is -4.84. The molecule has 13 heteroatoms. The van der Waals surface area contributed by atoms with Gasteiger partial charge in [-0.3, -0.25) is 9.52 Å². The van der Waals surface area contributed by atoms with Crippen molar-refractivity contribution in [3.05, 3.63) is 102 Å². The number of rotatable bonds is 7. The zero-order valence-electron chi connectivity index (χ0n) is 20.8. The molecule has 3 heterocycles. The third-order valence-corrected chi connectivity index (χ3v) is 7.44. The predicted molar refractivity (Wildman–Crippen MR) is 141 cm³/mol. The molecule has 0 radical (unpaired) electrons. The number of carbonyl (C=O) groups excluding carboxylic acids is 1. The van der Waals surface area contributed by atoms with Gasteiger partial charge in [0.05, 0.1) is 11.3 Å². The summed E-state index contributed by atoms with van der Waals surface area (Å²) in [5.41, 5.74) is -0.487. The summed E-state index contributed by atoms with van der Waals surface area (Å²) in [5.74, 6) is -5.51. The fourth-order valence-corrected chi connectivity index (χ4v) is 5.18. The molecule has 0 saturated carbocycles. The van der Waals surface area contributed by atoms with Gasteiger partial charge >= 0.3 is 0 Å². The van der Waals surface area contributed by atoms with Crippen molar-refractivity contribution in [3.63, 3.8) is 0 Å². The maximum Gasteiger partial charge on any atom is 0.265 e. The molecule has 0 fully saturated rings. The highest BCUT2D eigenvalue weighted by Crippen LogP contribution is 2.30. The summed E-state index contributed by atoms with van der Waals surface area (Å²) in [6.45, 7) is 0. The van der Waals surface area contributed by atoms with Gasteiger partial charge in [-0.2, -0.15) is 0 Å². The van der Waals surface area contributed by atoms with Crippen molar-refractivity contribution in [1.82, 2.24) is 15.0 Å². The number of hydrogen-bond donors (Lipinski definition) is 2. The van der Waals surface area contributed by atoms with E-state index in [9.17, 15) is 26.4 Å². The van der Waals surface area contributed by atoms with Gasteiger partial charge in [0.25, 0.3) is 10.0 Å². The molecule has 5 rings (SSSR count). The molecular weight excluding hydrogens is 550 g/mol. The first kappa shape index (κ1) is 26.8. The number of halogens is 4. The Morgan fingerprint density at radius 3 is 2.33 bits per heavy atom. The maximum atomic E-state index is 15.5. The van der Waals surface area contributed by atoms with Gasteiger partial charge in [0.15, 0.2) is 5.82 Å². The van der Waals surface area contributed by atoms with Gasteiger partial charge < -0.3 is 9.88 Å². The van der Waals surface area contributed by atoms with E-state index in [1.165, 1.54) is 6.20 Å². The van der Waals surface area contributed by atoms with Gasteiger partial charge in [-0.15, -0.1) is 0 Å². The average molecular weight is 570 g/mol. The monoisotopic (exact) mass is 569 g/mol. The summed E-state index contributed by atoms with van der Waals surface area (Å²) in [4.78, 5) is 25.5. The van der Waals surface area contributed by atoms with E-state index in [4.69, 9.17) is 0 Å². The van der Waals surface area contributed by atoms with Crippen molar-refractivity contribution < 1.29 is 30.8 Å². The topological polar surface area (TPSA) is 108 Å². The number of ketones is 1. The van der Waals surface area contributed by atoms with Gasteiger partial charge in [0.1, 0.15) is 33.8 Å². The second-order valence-electron chi connectivity index (χ2n) is 8.92. The number of sulfonamides is 1. The van der Waals surface area contributed by atoms with Crippen LogP contribution in [0.3, 0.4) is 0 Å². The second-order valence-corrected chi connectivity index (χ2v) is 10.6. The van der Waals surface area contributed by atoms with Crippen LogP contribution in [-0.4, -0.2) is 43.2 Å². The highest BCUT2D eigenvalue weighted by molar-refractivity contribution is 7.92. The molecule has 0 unspecified atom stereocenters. The number of fused-ring (bicyclic) bond motifs is 1. The zero-order valence-corrected chi connectivity index (χ0v) is 21.7. The average Bonchev–Trinajstić information content (AvgIpc) is 3.35. The number of benzene rings is 2. The van der Waals surface area contributed by atoms with Crippen molar-refractivity contribution in [2.45, 2.75) is 4.90 Å². The summed E-state index contributed by atoms with van der Waals surface area (Å²) >= 11 is 0. The van der Waals surface area contributed by atoms with E-state index in [-0.39, 0.29) is 16.6 Å². The van der Waals surface area contributed by atoms with Gasteiger partial charge in [-0.1, -0.05) is 0 Å². The first-order valence-corrected chi connectivity index (χ1v) is 13.1. The Hall–Kier alpha value is -4.78. The molecule has 0 saturated heterocycles. The lowest BCUT2D eigenvalue weighted by Gasteiger charge is -2.12. The largest absolute Gasteiger partial charge is 0.363 e. The molecular formula is C27H19F4N5O3S. The Labute approximate surface area is 225 Å². The van der Waals surface area contributed by atoms with Crippen molar-refractivity contribution in [2.24, 2.45) is 0 Å². The van der Waals surface area contributed by atoms with Crippen LogP contribution in [0, 0.1) is 23.3 Å². The highest BCUT2D eigenvalue weighted by Gasteiger charge is 2.27. The second kappa shape index (κ2) is 10.1. The molecule has 0 aliphatic rings. The molecule has 0 spiro atoms. The van der Waals surface area contributed by atoms with E-state index in [2.05, 4.69) is 15.0 Å². The van der Waals surface area contributed by atoms with Crippen LogP contribution in [0.2, 0.25) is 0 Å². The maximum absolute atomic E-state index is 15.5. The highest BCUT2D eigenvalue weighted by atomic mass is 32.2. The summed E-state index contributed by atoms with van der Waals surface area (Å²) in [5, 5.41) is 0.255. The van der Waals surface area contributed by atoms with Gasteiger partial charge in [0.2, 0.25) is 5.78 Å². The first-order valence-electron chi connectivity index (χ1n) is 11.6. The Balaban J connectivity index is 1.53. The summed E-state index contributed by atoms with van der Waals surface area (Å²) in [7, 11) is -1.16. The van der Waals surface area contributed by atoms with Crippen molar-refractivity contribution in [3.8, 4) is 11.1 Å². The molecule has 3 aromatic heterocycles. The van der Waals surface area contributed by atoms with Gasteiger partial charge in [-0.05, 0) is 48.5 Å². The Morgan fingerprint density at radius 1 is 0.900 bits per heavy atom. The van der Waals surface area contributed by atoms with Crippen LogP contribution in [0.15, 0.2) is 72.0 Å². The Bertz CT molecular complexity index is 1890. The number of nitrogens with zero attached hydrogens (tertiary/aromatic N) is 3. The molecule has 0 aliphatic carbocycles. The normalized spacial score (nSPS) is 11.6. The van der Waals surface area contributed by atoms with Crippen LogP contribution in [0.1, 0.15) is 15.9 Å². The van der Waals surface area contributed by atoms with Gasteiger partial charge in [0, 0.05) is 54.8 Å². The fourth-order valence-electron chi connectivity index (χ4n) is 4.03. The van der Waals surface area contributed by atoms with Crippen molar-refractivity contribution in [2.75, 3.05) is 23.7 Å². The number of nitrogens with one attached hydrogen (secondary N) is 2. The third kappa shape index (κ3) is 4.86. The molecule has 0 bridgehead atoms. The quantitative estimate of drug-likeness (QED) is 0.204. The molecule has 8 nitrogen and oxygen atoms in total. The number of carbonyl (C=O) groups is 1. The number of anilines is 2. The van der Waals surface area contributed by atoms with Crippen LogP contribution in [-0.2, 0) is 10.0 Å². The number of aromatic amines is 1. The standard InChI is InChI=1S/C27H19F4N5O3S/c1-36(2)23-8-3-14(11-32-23)15-9-17-18(13-34-27(17)33-12-15)26(37)24-20(30)6-7-21(25(24)31)35-40(38,39)22-10-16(28)4-5-19(22)29/h3-13,35H,1-2H3,(H,33,34). The molecule has 0 atom stereocenters. The van der Waals surface area contributed by atoms with Crippen LogP contribution >= 0.6 is 0 Å². The number of aromatic nitrogens is 3. The summed E-state index contributed by atoms with van der Waals surface area (Å²) < 4.78 is 84.9. The predicted octanol–water partition coefficient (Wildman–Crippen LogP) is 5.28. The minimum Gasteiger partial charge on any atom is -0.363 e. The van der Waals surface area contributed by atoms with Crippen molar-refractivity contribution in [1.29, 1.82) is 0 Å². The first-order chi connectivity index (χ1) is 19.0. The molecule has 0 amide bonds. The van der Waals surface area contributed by atoms with Crippen LogP contribution in [0.4, 0.5) is 29.1 Å². The minimum absolute atomic E-state index is 0.129. The molecule has 2 N–H and O–H groups in total. The van der Waals surface area contributed by atoms with E-state index < -0.39 is 55.2 Å². The van der Waals surface area contributed by atoms with E-state index >= 15 is 4.39 Å². The molecule has 2 aromatic carbocycles. The number of H-pyrrole nitrogens is 1. The molecule has 0 aliphatic heterocycles. The van der Waals surface area contributed by atoms with Crippen LogP contribution in [0.25, 0.3) is 22.2 Å². The van der Waals surface area contributed by atoms with Gasteiger partial charge in [-0.25, -0.2) is 35.9 Å². The third-order valence-electron chi connectivity index (χ3n) is 6.06. The van der Waals surface area contributed by atoms with Crippen LogP contribution in [0.5, 0.6) is 0 Å². The summed E-state index contributed by atoms with van der Waals surface area (Å²) in [6.07, 6.45) is 4.39. The molecule has 40 heavy (non-hydrogen) atoms.